The first-order chi connectivity index (χ1) is 9.34. The van der Waals surface area contributed by atoms with Gasteiger partial charge in [0.1, 0.15) is 10.6 Å². The minimum atomic E-state index is -1.26. The van der Waals surface area contributed by atoms with Crippen molar-refractivity contribution >= 4 is 25.1 Å². The SMILES string of the molecule is [CH2-][P+]1(c2ccccc2[P+]2([CH2-])[C@@H](C)[C@@H]2C)[C@H](C)CC[C@H]1C. The van der Waals surface area contributed by atoms with Gasteiger partial charge in [0.05, 0.1) is 11.3 Å². The van der Waals surface area contributed by atoms with Gasteiger partial charge >= 0.3 is 0 Å². The van der Waals surface area contributed by atoms with E-state index in [1.807, 2.05) is 0 Å². The second kappa shape index (κ2) is 4.79. The van der Waals surface area contributed by atoms with Crippen LogP contribution in [0.25, 0.3) is 0 Å². The zero-order chi connectivity index (χ0) is 14.7. The number of benzene rings is 1. The summed E-state index contributed by atoms with van der Waals surface area (Å²) in [6, 6.07) is 9.25. The summed E-state index contributed by atoms with van der Waals surface area (Å²) < 4.78 is 0. The minimum absolute atomic E-state index is 0.788. The molecule has 0 aliphatic carbocycles. The van der Waals surface area contributed by atoms with Crippen LogP contribution >= 0.6 is 14.5 Å². The quantitative estimate of drug-likeness (QED) is 0.537. The fourth-order valence-electron chi connectivity index (χ4n) is 4.22. The highest BCUT2D eigenvalue weighted by atomic mass is 31.2. The third-order valence-corrected chi connectivity index (χ3v) is 16.3. The van der Waals surface area contributed by atoms with E-state index in [0.29, 0.717) is 0 Å². The molecule has 0 unspecified atom stereocenters. The molecular formula is C18H28P2. The summed E-state index contributed by atoms with van der Waals surface area (Å²) in [4.78, 5) is 0. The van der Waals surface area contributed by atoms with Crippen molar-refractivity contribution < 1.29 is 0 Å². The lowest BCUT2D eigenvalue weighted by Gasteiger charge is -2.36. The summed E-state index contributed by atoms with van der Waals surface area (Å²) in [5.41, 5.74) is 3.19. The zero-order valence-corrected chi connectivity index (χ0v) is 15.1. The van der Waals surface area contributed by atoms with Gasteiger partial charge in [-0.1, -0.05) is 26.7 Å². The smallest absolute Gasteiger partial charge is 0.104 e. The second-order valence-electron chi connectivity index (χ2n) is 7.11. The molecule has 1 aromatic carbocycles. The van der Waals surface area contributed by atoms with Crippen molar-refractivity contribution in [3.05, 3.63) is 37.6 Å². The Morgan fingerprint density at radius 1 is 0.800 bits per heavy atom. The Kier molecular flexibility index (Phi) is 3.59. The highest BCUT2D eigenvalue weighted by molar-refractivity contribution is 7.95. The molecule has 2 aliphatic rings. The molecule has 0 bridgehead atoms. The normalized spacial score (nSPS) is 42.7. The molecule has 0 radical (unpaired) electrons. The summed E-state index contributed by atoms with van der Waals surface area (Å²) in [6.45, 7) is 19.3. The van der Waals surface area contributed by atoms with Crippen LogP contribution in [0.3, 0.4) is 0 Å². The van der Waals surface area contributed by atoms with Crippen LogP contribution in [0.5, 0.6) is 0 Å². The van der Waals surface area contributed by atoms with Gasteiger partial charge in [0.2, 0.25) is 0 Å². The van der Waals surface area contributed by atoms with Crippen LogP contribution in [0.4, 0.5) is 0 Å². The van der Waals surface area contributed by atoms with E-state index in [-0.39, 0.29) is 0 Å². The van der Waals surface area contributed by atoms with Crippen molar-refractivity contribution in [1.29, 1.82) is 0 Å². The fraction of sp³-hybridized carbons (Fsp3) is 0.556. The summed E-state index contributed by atoms with van der Waals surface area (Å²) in [5, 5.41) is 3.26. The molecule has 2 saturated heterocycles. The molecule has 2 heteroatoms. The second-order valence-corrected chi connectivity index (χ2v) is 15.2. The average molecular weight is 306 g/mol. The Morgan fingerprint density at radius 3 is 1.60 bits per heavy atom. The van der Waals surface area contributed by atoms with Gasteiger partial charge in [-0.15, -0.1) is 0 Å². The Labute approximate surface area is 126 Å². The molecular weight excluding hydrogens is 278 g/mol. The van der Waals surface area contributed by atoms with Crippen molar-refractivity contribution in [2.45, 2.75) is 63.2 Å². The third kappa shape index (κ3) is 1.80. The molecule has 0 aromatic heterocycles. The van der Waals surface area contributed by atoms with E-state index in [2.05, 4.69) is 52.0 Å². The Hall–Kier alpha value is 0.0800. The van der Waals surface area contributed by atoms with Gasteiger partial charge in [0.25, 0.3) is 0 Å². The number of rotatable bonds is 2. The third-order valence-electron chi connectivity index (χ3n) is 6.42. The van der Waals surface area contributed by atoms with Crippen molar-refractivity contribution in [3.63, 3.8) is 0 Å². The standard InChI is InChI=1S/C18H28P2/c1-13-11-12-14(2)19(13,5)17-9-7-8-10-18(17)20(6)15(3)16(20)4/h7-10,13-16H,5-6,11-12H2,1-4H3/t13-,14-,15+,16+/m1/s1. The van der Waals surface area contributed by atoms with E-state index in [4.69, 9.17) is 13.3 Å². The molecule has 3 rings (SSSR count). The first-order valence-corrected chi connectivity index (χ1v) is 12.1. The van der Waals surface area contributed by atoms with Crippen LogP contribution in [-0.4, -0.2) is 22.6 Å². The van der Waals surface area contributed by atoms with Gasteiger partial charge in [-0.05, 0) is 52.7 Å². The predicted molar refractivity (Wildman–Crippen MR) is 97.3 cm³/mol. The van der Waals surface area contributed by atoms with Gasteiger partial charge in [-0.25, -0.2) is 0 Å². The topological polar surface area (TPSA) is 0 Å². The molecule has 2 heterocycles. The Morgan fingerprint density at radius 2 is 1.20 bits per heavy atom. The summed E-state index contributed by atoms with van der Waals surface area (Å²) in [7, 11) is -2.41. The van der Waals surface area contributed by atoms with Crippen molar-refractivity contribution in [2.75, 3.05) is 0 Å². The molecule has 0 amide bonds. The summed E-state index contributed by atoms with van der Waals surface area (Å²) >= 11 is 0. The molecule has 0 N–H and O–H groups in total. The van der Waals surface area contributed by atoms with Gasteiger partial charge in [-0.2, -0.15) is 13.3 Å². The lowest BCUT2D eigenvalue weighted by molar-refractivity contribution is 0.777. The molecule has 110 valence electrons. The molecule has 0 nitrogen and oxygen atoms in total. The van der Waals surface area contributed by atoms with Crippen LogP contribution in [-0.2, 0) is 0 Å². The average Bonchev–Trinajstić information content (AvgIpc) is 2.81. The summed E-state index contributed by atoms with van der Waals surface area (Å²) in [5.74, 6) is 0. The van der Waals surface area contributed by atoms with E-state index in [1.54, 1.807) is 10.6 Å². The van der Waals surface area contributed by atoms with Crippen LogP contribution in [0.1, 0.15) is 40.5 Å². The van der Waals surface area contributed by atoms with Gasteiger partial charge in [-0.3, -0.25) is 0 Å². The zero-order valence-electron chi connectivity index (χ0n) is 13.3. The molecule has 4 atom stereocenters. The van der Waals surface area contributed by atoms with Crippen LogP contribution < -0.4 is 10.6 Å². The Bertz CT molecular complexity index is 504. The highest BCUT2D eigenvalue weighted by Crippen LogP contribution is 2.83. The van der Waals surface area contributed by atoms with Gasteiger partial charge < -0.3 is 0 Å². The first-order valence-electron chi connectivity index (χ1n) is 7.90. The van der Waals surface area contributed by atoms with E-state index in [0.717, 1.165) is 22.6 Å². The number of hydrogen-bond donors (Lipinski definition) is 0. The molecule has 20 heavy (non-hydrogen) atoms. The maximum absolute atomic E-state index is 4.85. The Balaban J connectivity index is 2.12. The van der Waals surface area contributed by atoms with Gasteiger partial charge in [0.15, 0.2) is 0 Å². The van der Waals surface area contributed by atoms with Crippen LogP contribution in [0.15, 0.2) is 24.3 Å². The largest absolute Gasteiger partial charge is 0.174 e. The lowest BCUT2D eigenvalue weighted by atomic mass is 10.2. The monoisotopic (exact) mass is 306 g/mol. The van der Waals surface area contributed by atoms with E-state index < -0.39 is 14.5 Å². The summed E-state index contributed by atoms with van der Waals surface area (Å²) in [6.07, 6.45) is 2.72. The highest BCUT2D eigenvalue weighted by Gasteiger charge is 2.62. The minimum Gasteiger partial charge on any atom is -0.174 e. The molecule has 2 fully saturated rings. The van der Waals surface area contributed by atoms with Crippen LogP contribution in [0.2, 0.25) is 0 Å². The van der Waals surface area contributed by atoms with Crippen molar-refractivity contribution in [3.8, 4) is 0 Å². The van der Waals surface area contributed by atoms with Gasteiger partial charge in [0, 0.05) is 11.3 Å². The first kappa shape index (κ1) is 15.0. The molecule has 1 aromatic rings. The molecule has 0 saturated carbocycles. The maximum Gasteiger partial charge on any atom is 0.104 e. The van der Waals surface area contributed by atoms with Crippen LogP contribution in [0, 0.1) is 13.3 Å². The fourth-order valence-corrected chi connectivity index (χ4v) is 13.0. The predicted octanol–water partition coefficient (Wildman–Crippen LogP) is 4.92. The van der Waals surface area contributed by atoms with E-state index in [1.165, 1.54) is 12.8 Å². The lowest BCUT2D eigenvalue weighted by Crippen LogP contribution is -2.31. The van der Waals surface area contributed by atoms with E-state index >= 15 is 0 Å². The molecule has 2 aliphatic heterocycles. The van der Waals surface area contributed by atoms with Crippen molar-refractivity contribution in [2.24, 2.45) is 0 Å². The van der Waals surface area contributed by atoms with Crippen molar-refractivity contribution in [1.82, 2.24) is 0 Å². The maximum atomic E-state index is 4.85. The number of hydrogen-bond acceptors (Lipinski definition) is 0. The van der Waals surface area contributed by atoms with E-state index in [9.17, 15) is 0 Å². The molecule has 0 spiro atoms.